The second kappa shape index (κ2) is 8.50. The molecule has 0 fully saturated rings. The summed E-state index contributed by atoms with van der Waals surface area (Å²) in [6.45, 7) is 3.37. The lowest BCUT2D eigenvalue weighted by Gasteiger charge is -2.13. The molecule has 1 amide bonds. The van der Waals surface area contributed by atoms with Crippen molar-refractivity contribution in [2.45, 2.75) is 20.0 Å². The molecule has 0 aliphatic heterocycles. The van der Waals surface area contributed by atoms with Crippen LogP contribution in [0.1, 0.15) is 40.4 Å². The van der Waals surface area contributed by atoms with Crippen molar-refractivity contribution in [3.8, 4) is 18.2 Å². The molecule has 0 spiro atoms. The zero-order valence-corrected chi connectivity index (χ0v) is 16.2. The van der Waals surface area contributed by atoms with Gasteiger partial charge in [0.2, 0.25) is 0 Å². The summed E-state index contributed by atoms with van der Waals surface area (Å²) in [5.74, 6) is 1.47. The molecular weight excluding hydrogens is 396 g/mol. The Bertz CT molecular complexity index is 1090. The number of carbonyl (C=O) groups excluding carboxylic acids is 2. The van der Waals surface area contributed by atoms with E-state index in [1.807, 2.05) is 0 Å². The third-order valence-corrected chi connectivity index (χ3v) is 3.86. The van der Waals surface area contributed by atoms with Crippen molar-refractivity contribution in [1.82, 2.24) is 24.7 Å². The average Bonchev–Trinajstić information content (AvgIpc) is 3.23. The van der Waals surface area contributed by atoms with Crippen molar-refractivity contribution in [1.29, 1.82) is 0 Å². The summed E-state index contributed by atoms with van der Waals surface area (Å²) in [5.41, 5.74) is 0.122. The van der Waals surface area contributed by atoms with E-state index >= 15 is 0 Å². The number of anilines is 1. The fourth-order valence-electron chi connectivity index (χ4n) is 2.28. The Morgan fingerprint density at radius 1 is 1.31 bits per heavy atom. The van der Waals surface area contributed by atoms with Crippen molar-refractivity contribution in [2.75, 3.05) is 5.32 Å². The molecule has 0 aliphatic carbocycles. The quantitative estimate of drug-likeness (QED) is 0.390. The van der Waals surface area contributed by atoms with Gasteiger partial charge in [0.05, 0.1) is 17.4 Å². The molecule has 0 atom stereocenters. The third kappa shape index (κ3) is 4.56. The van der Waals surface area contributed by atoms with Crippen LogP contribution in [0.15, 0.2) is 36.9 Å². The maximum Gasteiger partial charge on any atom is 0.359 e. The van der Waals surface area contributed by atoms with Crippen molar-refractivity contribution in [3.05, 3.63) is 59.0 Å². The van der Waals surface area contributed by atoms with Crippen molar-refractivity contribution in [3.63, 3.8) is 0 Å². The number of aromatic nitrogens is 5. The minimum atomic E-state index is -0.748. The number of esters is 1. The SMILES string of the molecule is C#Cc1cc(NC(=O)c2ccc(-n3ccnc3)nn2)c(C(=O)OC(C)C)nc1Cl. The van der Waals surface area contributed by atoms with Gasteiger partial charge in [0.15, 0.2) is 17.2 Å². The van der Waals surface area contributed by atoms with Gasteiger partial charge in [0, 0.05) is 12.4 Å². The van der Waals surface area contributed by atoms with Crippen LogP contribution in [0.5, 0.6) is 0 Å². The number of pyridine rings is 1. The molecule has 0 bridgehead atoms. The summed E-state index contributed by atoms with van der Waals surface area (Å²) in [6, 6.07) is 4.46. The lowest BCUT2D eigenvalue weighted by molar-refractivity contribution is 0.0372. The van der Waals surface area contributed by atoms with Crippen LogP contribution in [-0.4, -0.2) is 42.7 Å². The van der Waals surface area contributed by atoms with Gasteiger partial charge in [-0.1, -0.05) is 17.5 Å². The first-order chi connectivity index (χ1) is 13.9. The molecule has 9 nitrogen and oxygen atoms in total. The van der Waals surface area contributed by atoms with Crippen LogP contribution in [0.25, 0.3) is 5.82 Å². The van der Waals surface area contributed by atoms with Crippen molar-refractivity contribution < 1.29 is 14.3 Å². The second-order valence-corrected chi connectivity index (χ2v) is 6.38. The first-order valence-electron chi connectivity index (χ1n) is 8.40. The maximum absolute atomic E-state index is 12.6. The molecule has 0 unspecified atom stereocenters. The monoisotopic (exact) mass is 410 g/mol. The largest absolute Gasteiger partial charge is 0.458 e. The average molecular weight is 411 g/mol. The van der Waals surface area contributed by atoms with Gasteiger partial charge in [-0.05, 0) is 32.0 Å². The molecule has 146 valence electrons. The summed E-state index contributed by atoms with van der Waals surface area (Å²) in [4.78, 5) is 32.8. The van der Waals surface area contributed by atoms with E-state index in [4.69, 9.17) is 22.8 Å². The molecule has 0 saturated heterocycles. The zero-order valence-electron chi connectivity index (χ0n) is 15.5. The molecule has 3 aromatic heterocycles. The summed E-state index contributed by atoms with van der Waals surface area (Å²) < 4.78 is 6.79. The van der Waals surface area contributed by atoms with E-state index in [0.717, 1.165) is 0 Å². The Labute approximate surface area is 171 Å². The Kier molecular flexibility index (Phi) is 5.85. The van der Waals surface area contributed by atoms with Gasteiger partial charge in [0.1, 0.15) is 11.5 Å². The number of nitrogens with zero attached hydrogens (tertiary/aromatic N) is 5. The van der Waals surface area contributed by atoms with Gasteiger partial charge in [-0.3, -0.25) is 9.36 Å². The highest BCUT2D eigenvalue weighted by Gasteiger charge is 2.21. The smallest absolute Gasteiger partial charge is 0.359 e. The first kappa shape index (κ1) is 20.0. The van der Waals surface area contributed by atoms with Crippen molar-refractivity contribution in [2.24, 2.45) is 0 Å². The number of halogens is 1. The van der Waals surface area contributed by atoms with Gasteiger partial charge in [-0.15, -0.1) is 16.6 Å². The summed E-state index contributed by atoms with van der Waals surface area (Å²) >= 11 is 6.00. The molecule has 3 heterocycles. The van der Waals surface area contributed by atoms with Gasteiger partial charge in [-0.2, -0.15) is 0 Å². The first-order valence-corrected chi connectivity index (χ1v) is 8.78. The van der Waals surface area contributed by atoms with E-state index in [1.54, 1.807) is 43.2 Å². The summed E-state index contributed by atoms with van der Waals surface area (Å²) in [7, 11) is 0. The van der Waals surface area contributed by atoms with Gasteiger partial charge < -0.3 is 10.1 Å². The number of nitrogens with one attached hydrogen (secondary N) is 1. The highest BCUT2D eigenvalue weighted by Crippen LogP contribution is 2.23. The van der Waals surface area contributed by atoms with E-state index < -0.39 is 11.9 Å². The highest BCUT2D eigenvalue weighted by atomic mass is 35.5. The molecule has 1 N–H and O–H groups in total. The Morgan fingerprint density at radius 2 is 2.10 bits per heavy atom. The molecule has 10 heteroatoms. The van der Waals surface area contributed by atoms with Gasteiger partial charge in [0.25, 0.3) is 5.91 Å². The fraction of sp³-hybridized carbons (Fsp3) is 0.158. The number of amides is 1. The van der Waals surface area contributed by atoms with Gasteiger partial charge >= 0.3 is 5.97 Å². The summed E-state index contributed by atoms with van der Waals surface area (Å²) in [5, 5.41) is 10.4. The molecule has 29 heavy (non-hydrogen) atoms. The topological polar surface area (TPSA) is 112 Å². The molecular formula is C19H15ClN6O3. The number of rotatable bonds is 5. The van der Waals surface area contributed by atoms with E-state index in [-0.39, 0.29) is 33.9 Å². The van der Waals surface area contributed by atoms with E-state index in [0.29, 0.717) is 5.82 Å². The number of hydrogen-bond donors (Lipinski definition) is 1. The van der Waals surface area contributed by atoms with Crippen LogP contribution >= 0.6 is 11.6 Å². The van der Waals surface area contributed by atoms with E-state index in [2.05, 4.69) is 31.4 Å². The van der Waals surface area contributed by atoms with Crippen LogP contribution in [0.4, 0.5) is 5.69 Å². The normalized spacial score (nSPS) is 10.4. The molecule has 0 radical (unpaired) electrons. The minimum absolute atomic E-state index is 0.0225. The zero-order chi connectivity index (χ0) is 21.0. The lowest BCUT2D eigenvalue weighted by Crippen LogP contribution is -2.20. The van der Waals surface area contributed by atoms with Crippen LogP contribution in [0.3, 0.4) is 0 Å². The second-order valence-electron chi connectivity index (χ2n) is 6.02. The number of carbonyl (C=O) groups is 2. The third-order valence-electron chi connectivity index (χ3n) is 3.57. The van der Waals surface area contributed by atoms with E-state index in [9.17, 15) is 9.59 Å². The van der Waals surface area contributed by atoms with Crippen LogP contribution in [0.2, 0.25) is 5.15 Å². The van der Waals surface area contributed by atoms with Gasteiger partial charge in [-0.25, -0.2) is 14.8 Å². The molecule has 3 rings (SSSR count). The molecule has 0 saturated carbocycles. The predicted octanol–water partition coefficient (Wildman–Crippen LogP) is 2.51. The van der Waals surface area contributed by atoms with E-state index in [1.165, 1.54) is 12.1 Å². The Balaban J connectivity index is 1.89. The van der Waals surface area contributed by atoms with Crippen LogP contribution in [0, 0.1) is 12.3 Å². The molecule has 0 aromatic carbocycles. The van der Waals surface area contributed by atoms with Crippen molar-refractivity contribution >= 4 is 29.2 Å². The minimum Gasteiger partial charge on any atom is -0.458 e. The number of imidazole rings is 1. The number of ether oxygens (including phenoxy) is 1. The maximum atomic E-state index is 12.6. The standard InChI is InChI=1S/C19H15ClN6O3/c1-4-12-9-14(16(23-17(12)20)19(28)29-11(2)3)22-18(27)13-5-6-15(25-24-13)26-8-7-21-10-26/h1,5-11H,2-3H3,(H,22,27). The Morgan fingerprint density at radius 3 is 2.69 bits per heavy atom. The molecule has 3 aromatic rings. The van der Waals surface area contributed by atoms with Crippen LogP contribution < -0.4 is 5.32 Å². The van der Waals surface area contributed by atoms with Crippen LogP contribution in [-0.2, 0) is 4.74 Å². The predicted molar refractivity (Wildman–Crippen MR) is 105 cm³/mol. The molecule has 0 aliphatic rings. The number of terminal acetylenes is 1. The Hall–Kier alpha value is -3.77. The summed E-state index contributed by atoms with van der Waals surface area (Å²) in [6.07, 6.45) is 9.85. The highest BCUT2D eigenvalue weighted by molar-refractivity contribution is 6.31. The lowest BCUT2D eigenvalue weighted by atomic mass is 10.2. The number of hydrogen-bond acceptors (Lipinski definition) is 7. The fourth-order valence-corrected chi connectivity index (χ4v) is 2.47.